The zero-order chi connectivity index (χ0) is 13.1. The van der Waals surface area contributed by atoms with Crippen LogP contribution in [-0.2, 0) is 6.54 Å². The molecule has 2 aromatic rings. The van der Waals surface area contributed by atoms with E-state index in [-0.39, 0.29) is 6.04 Å². The summed E-state index contributed by atoms with van der Waals surface area (Å²) in [5, 5.41) is 2.07. The first-order chi connectivity index (χ1) is 8.58. The zero-order valence-corrected chi connectivity index (χ0v) is 12.8. The van der Waals surface area contributed by atoms with Crippen LogP contribution in [-0.4, -0.2) is 12.0 Å². The number of thiazole rings is 1. The first-order valence-electron chi connectivity index (χ1n) is 5.71. The summed E-state index contributed by atoms with van der Waals surface area (Å²) >= 11 is 5.23. The molecule has 0 amide bonds. The van der Waals surface area contributed by atoms with Gasteiger partial charge < -0.3 is 10.6 Å². The van der Waals surface area contributed by atoms with Crippen molar-refractivity contribution in [2.45, 2.75) is 19.5 Å². The second-order valence-corrected chi connectivity index (χ2v) is 5.91. The molecule has 18 heavy (non-hydrogen) atoms. The molecule has 0 unspecified atom stereocenters. The van der Waals surface area contributed by atoms with Gasteiger partial charge in [0.15, 0.2) is 0 Å². The summed E-state index contributed by atoms with van der Waals surface area (Å²) in [6.07, 6.45) is 0. The van der Waals surface area contributed by atoms with E-state index in [1.807, 2.05) is 12.4 Å². The van der Waals surface area contributed by atoms with Gasteiger partial charge in [0, 0.05) is 22.9 Å². The van der Waals surface area contributed by atoms with Crippen molar-refractivity contribution in [3.05, 3.63) is 44.8 Å². The van der Waals surface area contributed by atoms with Crippen molar-refractivity contribution in [2.24, 2.45) is 5.73 Å². The van der Waals surface area contributed by atoms with Gasteiger partial charge in [0.05, 0.1) is 23.4 Å². The molecule has 0 aliphatic heterocycles. The quantitative estimate of drug-likeness (QED) is 0.934. The fourth-order valence-electron chi connectivity index (χ4n) is 1.76. The normalized spacial score (nSPS) is 12.4. The van der Waals surface area contributed by atoms with Gasteiger partial charge in [-0.25, -0.2) is 4.98 Å². The molecule has 0 aliphatic rings. The summed E-state index contributed by atoms with van der Waals surface area (Å²) in [5.41, 5.74) is 11.1. The summed E-state index contributed by atoms with van der Waals surface area (Å²) in [7, 11) is 2.06. The van der Waals surface area contributed by atoms with Crippen molar-refractivity contribution in [2.75, 3.05) is 11.9 Å². The molecule has 3 nitrogen and oxygen atoms in total. The van der Waals surface area contributed by atoms with Gasteiger partial charge in [-0.05, 0) is 40.5 Å². The van der Waals surface area contributed by atoms with Crippen LogP contribution in [0.5, 0.6) is 0 Å². The van der Waals surface area contributed by atoms with Crippen LogP contribution in [0.2, 0.25) is 0 Å². The second kappa shape index (κ2) is 5.82. The Bertz CT molecular complexity index is 511. The van der Waals surface area contributed by atoms with Crippen LogP contribution >= 0.6 is 27.3 Å². The van der Waals surface area contributed by atoms with Crippen molar-refractivity contribution in [1.29, 1.82) is 0 Å². The van der Waals surface area contributed by atoms with E-state index in [1.54, 1.807) is 11.3 Å². The number of hydrogen-bond donors (Lipinski definition) is 1. The van der Waals surface area contributed by atoms with E-state index in [1.165, 1.54) is 0 Å². The molecule has 0 saturated carbocycles. The summed E-state index contributed by atoms with van der Waals surface area (Å²) in [6.45, 7) is 2.79. The smallest absolute Gasteiger partial charge is 0.0795 e. The number of anilines is 1. The molecule has 0 aliphatic carbocycles. The van der Waals surface area contributed by atoms with Gasteiger partial charge in [0.1, 0.15) is 0 Å². The Morgan fingerprint density at radius 3 is 2.83 bits per heavy atom. The Balaban J connectivity index is 2.17. The lowest BCUT2D eigenvalue weighted by atomic mass is 10.1. The van der Waals surface area contributed by atoms with Crippen LogP contribution in [0.1, 0.15) is 24.2 Å². The minimum absolute atomic E-state index is 0.0548. The monoisotopic (exact) mass is 325 g/mol. The highest BCUT2D eigenvalue weighted by atomic mass is 79.9. The highest BCUT2D eigenvalue weighted by Crippen LogP contribution is 2.29. The minimum atomic E-state index is 0.0548. The lowest BCUT2D eigenvalue weighted by molar-refractivity contribution is 0.815. The topological polar surface area (TPSA) is 42.1 Å². The summed E-state index contributed by atoms with van der Waals surface area (Å²) < 4.78 is 1.06. The van der Waals surface area contributed by atoms with Crippen LogP contribution in [0.4, 0.5) is 5.69 Å². The molecule has 1 atom stereocenters. The summed E-state index contributed by atoms with van der Waals surface area (Å²) in [5.74, 6) is 0. The molecule has 0 radical (unpaired) electrons. The summed E-state index contributed by atoms with van der Waals surface area (Å²) in [4.78, 5) is 6.47. The van der Waals surface area contributed by atoms with E-state index in [0.29, 0.717) is 0 Å². The Kier molecular flexibility index (Phi) is 4.37. The van der Waals surface area contributed by atoms with E-state index < -0.39 is 0 Å². The Hall–Kier alpha value is -0.910. The minimum Gasteiger partial charge on any atom is -0.368 e. The predicted molar refractivity (Wildman–Crippen MR) is 81.0 cm³/mol. The van der Waals surface area contributed by atoms with Gasteiger partial charge in [0.2, 0.25) is 0 Å². The van der Waals surface area contributed by atoms with E-state index in [4.69, 9.17) is 5.73 Å². The number of halogens is 1. The Labute approximate surface area is 120 Å². The molecular formula is C13H16BrN3S. The van der Waals surface area contributed by atoms with Gasteiger partial charge in [-0.15, -0.1) is 11.3 Å². The molecular weight excluding hydrogens is 310 g/mol. The average molecular weight is 326 g/mol. The number of hydrogen-bond acceptors (Lipinski definition) is 4. The van der Waals surface area contributed by atoms with Crippen molar-refractivity contribution < 1.29 is 0 Å². The first kappa shape index (κ1) is 13.5. The van der Waals surface area contributed by atoms with Crippen LogP contribution in [0.3, 0.4) is 0 Å². The fraction of sp³-hybridized carbons (Fsp3) is 0.308. The van der Waals surface area contributed by atoms with Crippen molar-refractivity contribution in [1.82, 2.24) is 4.98 Å². The standard InChI is InChI=1S/C13H16BrN3S/c1-9(15)10-3-4-13(12(14)5-10)17(2)6-11-7-18-8-16-11/h3-5,7-9H,6,15H2,1-2H3/t9-/m1/s1. The van der Waals surface area contributed by atoms with Gasteiger partial charge >= 0.3 is 0 Å². The first-order valence-corrected chi connectivity index (χ1v) is 7.44. The zero-order valence-electron chi connectivity index (χ0n) is 10.4. The number of aromatic nitrogens is 1. The molecule has 1 aromatic heterocycles. The van der Waals surface area contributed by atoms with Crippen LogP contribution < -0.4 is 10.6 Å². The van der Waals surface area contributed by atoms with Crippen molar-refractivity contribution >= 4 is 33.0 Å². The maximum Gasteiger partial charge on any atom is 0.0795 e. The molecule has 0 bridgehead atoms. The third-order valence-corrected chi connectivity index (χ3v) is 4.06. The fourth-order valence-corrected chi connectivity index (χ4v) is 3.01. The molecule has 5 heteroatoms. The summed E-state index contributed by atoms with van der Waals surface area (Å²) in [6, 6.07) is 6.30. The average Bonchev–Trinajstić information content (AvgIpc) is 2.81. The number of nitrogens with zero attached hydrogens (tertiary/aromatic N) is 2. The van der Waals surface area contributed by atoms with Crippen LogP contribution in [0.25, 0.3) is 0 Å². The predicted octanol–water partition coefficient (Wildman–Crippen LogP) is 3.56. The third kappa shape index (κ3) is 3.10. The molecule has 96 valence electrons. The maximum absolute atomic E-state index is 5.88. The maximum atomic E-state index is 5.88. The number of benzene rings is 1. The molecule has 0 fully saturated rings. The van der Waals surface area contributed by atoms with E-state index in [0.717, 1.165) is 28.0 Å². The van der Waals surface area contributed by atoms with E-state index in [9.17, 15) is 0 Å². The number of nitrogens with two attached hydrogens (primary N) is 1. The van der Waals surface area contributed by atoms with Crippen LogP contribution in [0.15, 0.2) is 33.6 Å². The lowest BCUT2D eigenvalue weighted by Gasteiger charge is -2.20. The van der Waals surface area contributed by atoms with Gasteiger partial charge in [0.25, 0.3) is 0 Å². The molecule has 0 spiro atoms. The SMILES string of the molecule is C[C@@H](N)c1ccc(N(C)Cc2cscn2)c(Br)c1. The highest BCUT2D eigenvalue weighted by molar-refractivity contribution is 9.10. The molecule has 2 rings (SSSR count). The van der Waals surface area contributed by atoms with E-state index >= 15 is 0 Å². The molecule has 2 N–H and O–H groups in total. The highest BCUT2D eigenvalue weighted by Gasteiger charge is 2.09. The Morgan fingerprint density at radius 2 is 2.28 bits per heavy atom. The Morgan fingerprint density at radius 1 is 1.50 bits per heavy atom. The largest absolute Gasteiger partial charge is 0.368 e. The van der Waals surface area contributed by atoms with Crippen molar-refractivity contribution in [3.8, 4) is 0 Å². The molecule has 0 saturated heterocycles. The molecule has 1 aromatic carbocycles. The third-order valence-electron chi connectivity index (χ3n) is 2.79. The van der Waals surface area contributed by atoms with Gasteiger partial charge in [-0.1, -0.05) is 6.07 Å². The lowest BCUT2D eigenvalue weighted by Crippen LogP contribution is -2.17. The van der Waals surface area contributed by atoms with Gasteiger partial charge in [-0.3, -0.25) is 0 Å². The second-order valence-electron chi connectivity index (χ2n) is 4.34. The van der Waals surface area contributed by atoms with Crippen LogP contribution in [0, 0.1) is 0 Å². The van der Waals surface area contributed by atoms with Gasteiger partial charge in [-0.2, -0.15) is 0 Å². The van der Waals surface area contributed by atoms with E-state index in [2.05, 4.69) is 56.4 Å². The van der Waals surface area contributed by atoms with Crippen molar-refractivity contribution in [3.63, 3.8) is 0 Å². The number of rotatable bonds is 4. The molecule has 1 heterocycles.